The van der Waals surface area contributed by atoms with Gasteiger partial charge in [0.05, 0.1) is 19.9 Å². The molecular formula is C15H33N2O3P. The van der Waals surface area contributed by atoms with Gasteiger partial charge in [-0.1, -0.05) is 26.2 Å². The molecule has 0 fully saturated rings. The standard InChI is InChI=1S/C11H22N2.C4H11O3P/c1-3-5-6-7-8-13-10-9-12(4-2)11-13;1-3-6-8(5)7-4-2/h9-10H,3-8,11H2,1-2H3;8H,3-4H2,1-2H3. The summed E-state index contributed by atoms with van der Waals surface area (Å²) in [5.74, 6) is 0. The highest BCUT2D eigenvalue weighted by molar-refractivity contribution is 7.33. The Hall–Kier alpha value is -0.510. The van der Waals surface area contributed by atoms with Crippen LogP contribution in [0.3, 0.4) is 0 Å². The van der Waals surface area contributed by atoms with Crippen LogP contribution in [-0.4, -0.2) is 42.8 Å². The van der Waals surface area contributed by atoms with Gasteiger partial charge < -0.3 is 18.8 Å². The van der Waals surface area contributed by atoms with Gasteiger partial charge in [0.25, 0.3) is 0 Å². The molecule has 0 unspecified atom stereocenters. The van der Waals surface area contributed by atoms with Crippen LogP contribution in [0.4, 0.5) is 0 Å². The molecule has 0 bridgehead atoms. The lowest BCUT2D eigenvalue weighted by atomic mass is 10.2. The van der Waals surface area contributed by atoms with Crippen molar-refractivity contribution >= 4 is 8.25 Å². The molecule has 1 heterocycles. The van der Waals surface area contributed by atoms with Gasteiger partial charge in [-0.2, -0.15) is 0 Å². The molecule has 0 amide bonds. The van der Waals surface area contributed by atoms with Crippen molar-refractivity contribution in [3.63, 3.8) is 0 Å². The maximum Gasteiger partial charge on any atom is 0.319 e. The summed E-state index contributed by atoms with van der Waals surface area (Å²) >= 11 is 0. The third-order valence-electron chi connectivity index (χ3n) is 3.08. The van der Waals surface area contributed by atoms with Gasteiger partial charge in [0.15, 0.2) is 0 Å². The smallest absolute Gasteiger partial charge is 0.319 e. The number of unbranched alkanes of at least 4 members (excludes halogenated alkanes) is 3. The van der Waals surface area contributed by atoms with Gasteiger partial charge in [-0.25, -0.2) is 0 Å². The first-order valence-electron chi connectivity index (χ1n) is 8.13. The van der Waals surface area contributed by atoms with Crippen molar-refractivity contribution in [2.24, 2.45) is 0 Å². The van der Waals surface area contributed by atoms with Gasteiger partial charge >= 0.3 is 8.25 Å². The maximum atomic E-state index is 10.4. The highest BCUT2D eigenvalue weighted by atomic mass is 31.1. The van der Waals surface area contributed by atoms with Crippen molar-refractivity contribution < 1.29 is 13.6 Å². The normalized spacial score (nSPS) is 13.8. The van der Waals surface area contributed by atoms with Gasteiger partial charge in [-0.15, -0.1) is 0 Å². The Bertz CT molecular complexity index is 280. The molecule has 0 aliphatic carbocycles. The molecule has 0 atom stereocenters. The number of hydrogen-bond acceptors (Lipinski definition) is 5. The van der Waals surface area contributed by atoms with E-state index in [2.05, 4.69) is 45.1 Å². The van der Waals surface area contributed by atoms with E-state index in [-0.39, 0.29) is 0 Å². The van der Waals surface area contributed by atoms with E-state index in [0.717, 1.165) is 13.2 Å². The molecule has 1 aliphatic heterocycles. The summed E-state index contributed by atoms with van der Waals surface area (Å²) in [6, 6.07) is 0. The molecule has 0 saturated carbocycles. The molecule has 1 aliphatic rings. The van der Waals surface area contributed by atoms with Gasteiger partial charge in [0.1, 0.15) is 0 Å². The molecule has 0 aromatic heterocycles. The van der Waals surface area contributed by atoms with Crippen LogP contribution in [0.2, 0.25) is 0 Å². The summed E-state index contributed by atoms with van der Waals surface area (Å²) in [6.07, 6.45) is 9.85. The summed E-state index contributed by atoms with van der Waals surface area (Å²) in [4.78, 5) is 4.74. The predicted molar refractivity (Wildman–Crippen MR) is 89.5 cm³/mol. The number of hydrogen-bond donors (Lipinski definition) is 0. The first-order valence-corrected chi connectivity index (χ1v) is 9.36. The molecule has 6 heteroatoms. The second-order valence-corrected chi connectivity index (χ2v) is 5.91. The summed E-state index contributed by atoms with van der Waals surface area (Å²) < 4.78 is 19.6. The average Bonchev–Trinajstić information content (AvgIpc) is 2.93. The lowest BCUT2D eigenvalue weighted by Crippen LogP contribution is -2.25. The van der Waals surface area contributed by atoms with Crippen molar-refractivity contribution in [3.05, 3.63) is 12.4 Å². The Morgan fingerprint density at radius 2 is 1.57 bits per heavy atom. The Morgan fingerprint density at radius 3 is 2.05 bits per heavy atom. The molecular weight excluding hydrogens is 287 g/mol. The summed E-state index contributed by atoms with van der Waals surface area (Å²) in [6.45, 7) is 12.4. The van der Waals surface area contributed by atoms with Crippen molar-refractivity contribution in [1.29, 1.82) is 0 Å². The quantitative estimate of drug-likeness (QED) is 0.448. The van der Waals surface area contributed by atoms with Crippen molar-refractivity contribution in [3.8, 4) is 0 Å². The van der Waals surface area contributed by atoms with Crippen LogP contribution in [0.25, 0.3) is 0 Å². The summed E-state index contributed by atoms with van der Waals surface area (Å²) in [5, 5.41) is 0. The molecule has 0 aromatic rings. The molecule has 21 heavy (non-hydrogen) atoms. The molecule has 0 radical (unpaired) electrons. The van der Waals surface area contributed by atoms with Crippen LogP contribution in [-0.2, 0) is 13.6 Å². The van der Waals surface area contributed by atoms with E-state index >= 15 is 0 Å². The van der Waals surface area contributed by atoms with Crippen LogP contribution in [0.5, 0.6) is 0 Å². The van der Waals surface area contributed by atoms with E-state index in [1.54, 1.807) is 13.8 Å². The van der Waals surface area contributed by atoms with Crippen molar-refractivity contribution in [2.75, 3.05) is 33.0 Å². The first kappa shape index (κ1) is 20.5. The zero-order valence-corrected chi connectivity index (χ0v) is 15.1. The second kappa shape index (κ2) is 14.4. The third kappa shape index (κ3) is 11.8. The lowest BCUT2D eigenvalue weighted by molar-refractivity contribution is 0.243. The third-order valence-corrected chi connectivity index (χ3v) is 4.13. The fourth-order valence-corrected chi connectivity index (χ4v) is 2.44. The Labute approximate surface area is 131 Å². The predicted octanol–water partition coefficient (Wildman–Crippen LogP) is 4.08. The van der Waals surface area contributed by atoms with Crippen molar-refractivity contribution in [1.82, 2.24) is 9.80 Å². The van der Waals surface area contributed by atoms with Gasteiger partial charge in [0.2, 0.25) is 0 Å². The Balaban J connectivity index is 0.000000433. The van der Waals surface area contributed by atoms with Crippen LogP contribution in [0.1, 0.15) is 53.4 Å². The van der Waals surface area contributed by atoms with E-state index < -0.39 is 8.25 Å². The molecule has 126 valence electrons. The maximum absolute atomic E-state index is 10.4. The van der Waals surface area contributed by atoms with Crippen molar-refractivity contribution in [2.45, 2.75) is 53.4 Å². The minimum atomic E-state index is -2.14. The van der Waals surface area contributed by atoms with E-state index in [1.807, 2.05) is 0 Å². The SMILES string of the molecule is CCCCCCN1C=CN(CC)C1.CCO[PH](=O)OCC. The van der Waals surface area contributed by atoms with Gasteiger partial charge in [-0.05, 0) is 27.2 Å². The van der Waals surface area contributed by atoms with Crippen LogP contribution in [0, 0.1) is 0 Å². The molecule has 0 aromatic carbocycles. The Kier molecular flexibility index (Phi) is 14.1. The molecule has 5 nitrogen and oxygen atoms in total. The first-order chi connectivity index (χ1) is 10.2. The molecule has 0 spiro atoms. The topological polar surface area (TPSA) is 42.0 Å². The highest BCUT2D eigenvalue weighted by Crippen LogP contribution is 2.21. The fraction of sp³-hybridized carbons (Fsp3) is 0.867. The van der Waals surface area contributed by atoms with Crippen LogP contribution < -0.4 is 0 Å². The van der Waals surface area contributed by atoms with Gasteiger partial charge in [0, 0.05) is 25.5 Å². The fourth-order valence-electron chi connectivity index (χ4n) is 1.89. The monoisotopic (exact) mass is 320 g/mol. The number of rotatable bonds is 10. The second-order valence-electron chi connectivity index (χ2n) is 4.83. The lowest BCUT2D eigenvalue weighted by Gasteiger charge is -2.19. The van der Waals surface area contributed by atoms with E-state index in [1.165, 1.54) is 32.2 Å². The van der Waals surface area contributed by atoms with E-state index in [9.17, 15) is 4.57 Å². The largest absolute Gasteiger partial charge is 0.359 e. The summed E-state index contributed by atoms with van der Waals surface area (Å²) in [7, 11) is -2.14. The van der Waals surface area contributed by atoms with Crippen LogP contribution in [0.15, 0.2) is 12.4 Å². The minimum Gasteiger partial charge on any atom is -0.359 e. The highest BCUT2D eigenvalue weighted by Gasteiger charge is 2.08. The molecule has 0 saturated heterocycles. The van der Waals surface area contributed by atoms with Gasteiger partial charge in [-0.3, -0.25) is 4.57 Å². The van der Waals surface area contributed by atoms with Crippen LogP contribution >= 0.6 is 8.25 Å². The number of nitrogens with zero attached hydrogens (tertiary/aromatic N) is 2. The zero-order chi connectivity index (χ0) is 15.9. The molecule has 1 rings (SSSR count). The minimum absolute atomic E-state index is 0.456. The summed E-state index contributed by atoms with van der Waals surface area (Å²) in [5.41, 5.74) is 0. The molecule has 0 N–H and O–H groups in total. The van der Waals surface area contributed by atoms with E-state index in [4.69, 9.17) is 0 Å². The Morgan fingerprint density at radius 1 is 0.952 bits per heavy atom. The average molecular weight is 320 g/mol. The van der Waals surface area contributed by atoms with E-state index in [0.29, 0.717) is 13.2 Å². The zero-order valence-electron chi connectivity index (χ0n) is 14.1.